The standard InChI is InChI=1S/C22H28N2O2/c1-3-17(18-9-5-4-6-10-18)15-22(25)24-14-13-23-16-20(24)19-11-7-8-12-21(19)26-2/h4-12,17,20,23H,3,13-16H2,1-2H3. The minimum Gasteiger partial charge on any atom is -0.496 e. The zero-order chi connectivity index (χ0) is 18.4. The Hall–Kier alpha value is -2.33. The maximum atomic E-state index is 13.2. The predicted octanol–water partition coefficient (Wildman–Crippen LogP) is 3.75. The summed E-state index contributed by atoms with van der Waals surface area (Å²) >= 11 is 0. The molecule has 2 aromatic carbocycles. The molecule has 0 saturated carbocycles. The molecule has 4 nitrogen and oxygen atoms in total. The summed E-state index contributed by atoms with van der Waals surface area (Å²) in [6, 6.07) is 18.4. The molecule has 0 bridgehead atoms. The molecule has 0 spiro atoms. The molecule has 1 N–H and O–H groups in total. The highest BCUT2D eigenvalue weighted by atomic mass is 16.5. The van der Waals surface area contributed by atoms with Crippen molar-refractivity contribution in [3.8, 4) is 5.75 Å². The van der Waals surface area contributed by atoms with E-state index in [0.29, 0.717) is 6.42 Å². The minimum atomic E-state index is 0.0145. The van der Waals surface area contributed by atoms with Gasteiger partial charge in [-0.2, -0.15) is 0 Å². The van der Waals surface area contributed by atoms with Crippen molar-refractivity contribution >= 4 is 5.91 Å². The quantitative estimate of drug-likeness (QED) is 0.861. The van der Waals surface area contributed by atoms with Gasteiger partial charge in [-0.05, 0) is 24.0 Å². The van der Waals surface area contributed by atoms with Crippen LogP contribution in [0.4, 0.5) is 0 Å². The van der Waals surface area contributed by atoms with Crippen LogP contribution in [0, 0.1) is 0 Å². The number of para-hydroxylation sites is 1. The molecule has 4 heteroatoms. The number of nitrogens with zero attached hydrogens (tertiary/aromatic N) is 1. The summed E-state index contributed by atoms with van der Waals surface area (Å²) in [7, 11) is 1.68. The van der Waals surface area contributed by atoms with Gasteiger partial charge in [0.25, 0.3) is 0 Å². The Kier molecular flexibility index (Phi) is 6.29. The van der Waals surface area contributed by atoms with Crippen LogP contribution >= 0.6 is 0 Å². The molecule has 0 aromatic heterocycles. The maximum Gasteiger partial charge on any atom is 0.223 e. The number of nitrogens with one attached hydrogen (secondary N) is 1. The van der Waals surface area contributed by atoms with Crippen LogP contribution in [0.25, 0.3) is 0 Å². The molecule has 1 fully saturated rings. The first-order valence-corrected chi connectivity index (χ1v) is 9.42. The predicted molar refractivity (Wildman–Crippen MR) is 104 cm³/mol. The summed E-state index contributed by atoms with van der Waals surface area (Å²) < 4.78 is 5.53. The lowest BCUT2D eigenvalue weighted by molar-refractivity contribution is -0.135. The normalized spacial score (nSPS) is 18.4. The van der Waals surface area contributed by atoms with Crippen LogP contribution in [0.2, 0.25) is 0 Å². The fourth-order valence-electron chi connectivity index (χ4n) is 3.77. The van der Waals surface area contributed by atoms with Crippen molar-refractivity contribution in [3.05, 3.63) is 65.7 Å². The fraction of sp³-hybridized carbons (Fsp3) is 0.409. The van der Waals surface area contributed by atoms with Crippen LogP contribution in [-0.4, -0.2) is 37.6 Å². The highest BCUT2D eigenvalue weighted by Crippen LogP contribution is 2.32. The number of methoxy groups -OCH3 is 1. The molecule has 2 aromatic rings. The number of piperazine rings is 1. The summed E-state index contributed by atoms with van der Waals surface area (Å²) in [4.78, 5) is 15.2. The van der Waals surface area contributed by atoms with E-state index in [2.05, 4.69) is 30.4 Å². The van der Waals surface area contributed by atoms with E-state index in [0.717, 1.165) is 37.4 Å². The molecule has 1 amide bonds. The van der Waals surface area contributed by atoms with Gasteiger partial charge in [-0.1, -0.05) is 55.5 Å². The van der Waals surface area contributed by atoms with E-state index >= 15 is 0 Å². The Morgan fingerprint density at radius 1 is 1.19 bits per heavy atom. The Labute approximate surface area is 156 Å². The van der Waals surface area contributed by atoms with E-state index in [4.69, 9.17) is 4.74 Å². The summed E-state index contributed by atoms with van der Waals surface area (Å²) in [6.07, 6.45) is 1.51. The van der Waals surface area contributed by atoms with E-state index in [1.54, 1.807) is 7.11 Å². The second kappa shape index (κ2) is 8.86. The Morgan fingerprint density at radius 2 is 1.92 bits per heavy atom. The van der Waals surface area contributed by atoms with Gasteiger partial charge in [-0.25, -0.2) is 0 Å². The summed E-state index contributed by atoms with van der Waals surface area (Å²) in [5, 5.41) is 3.42. The van der Waals surface area contributed by atoms with E-state index in [-0.39, 0.29) is 17.9 Å². The lowest BCUT2D eigenvalue weighted by atomic mass is 9.92. The molecule has 1 aliphatic heterocycles. The zero-order valence-electron chi connectivity index (χ0n) is 15.7. The Balaban J connectivity index is 1.80. The summed E-state index contributed by atoms with van der Waals surface area (Å²) in [5.41, 5.74) is 2.32. The molecule has 0 aliphatic carbocycles. The molecular formula is C22H28N2O2. The van der Waals surface area contributed by atoms with Gasteiger partial charge in [0.05, 0.1) is 13.2 Å². The van der Waals surface area contributed by atoms with Gasteiger partial charge in [0.1, 0.15) is 5.75 Å². The monoisotopic (exact) mass is 352 g/mol. The highest BCUT2D eigenvalue weighted by Gasteiger charge is 2.30. The first-order chi connectivity index (χ1) is 12.7. The van der Waals surface area contributed by atoms with Gasteiger partial charge in [0, 0.05) is 31.6 Å². The average Bonchev–Trinajstić information content (AvgIpc) is 2.72. The van der Waals surface area contributed by atoms with Crippen molar-refractivity contribution in [2.45, 2.75) is 31.7 Å². The molecule has 0 radical (unpaired) electrons. The van der Waals surface area contributed by atoms with Gasteiger partial charge < -0.3 is 15.0 Å². The largest absolute Gasteiger partial charge is 0.496 e. The Morgan fingerprint density at radius 3 is 2.65 bits per heavy atom. The molecule has 3 rings (SSSR count). The Bertz CT molecular complexity index is 717. The van der Waals surface area contributed by atoms with Crippen LogP contribution in [-0.2, 0) is 4.79 Å². The molecule has 1 saturated heterocycles. The molecular weight excluding hydrogens is 324 g/mol. The second-order valence-corrected chi connectivity index (χ2v) is 6.77. The number of hydrogen-bond donors (Lipinski definition) is 1. The van der Waals surface area contributed by atoms with Gasteiger partial charge in [0.2, 0.25) is 5.91 Å². The smallest absolute Gasteiger partial charge is 0.223 e. The third-order valence-corrected chi connectivity index (χ3v) is 5.25. The van der Waals surface area contributed by atoms with Crippen molar-refractivity contribution in [1.29, 1.82) is 0 Å². The van der Waals surface area contributed by atoms with Gasteiger partial charge >= 0.3 is 0 Å². The SMILES string of the molecule is CCC(CC(=O)N1CCNCC1c1ccccc1OC)c1ccccc1. The topological polar surface area (TPSA) is 41.6 Å². The van der Waals surface area contributed by atoms with Crippen molar-refractivity contribution in [3.63, 3.8) is 0 Å². The number of ether oxygens (including phenoxy) is 1. The minimum absolute atomic E-state index is 0.0145. The lowest BCUT2D eigenvalue weighted by Crippen LogP contribution is -2.49. The lowest BCUT2D eigenvalue weighted by Gasteiger charge is -2.38. The number of hydrogen-bond acceptors (Lipinski definition) is 3. The van der Waals surface area contributed by atoms with Crippen molar-refractivity contribution in [2.75, 3.05) is 26.7 Å². The number of amides is 1. The second-order valence-electron chi connectivity index (χ2n) is 6.77. The van der Waals surface area contributed by atoms with E-state index in [1.807, 2.05) is 41.3 Å². The zero-order valence-corrected chi connectivity index (χ0v) is 15.7. The van der Waals surface area contributed by atoms with Gasteiger partial charge in [0.15, 0.2) is 0 Å². The number of rotatable bonds is 6. The van der Waals surface area contributed by atoms with Crippen LogP contribution in [0.3, 0.4) is 0 Å². The van der Waals surface area contributed by atoms with Crippen LogP contribution in [0.5, 0.6) is 5.75 Å². The first-order valence-electron chi connectivity index (χ1n) is 9.42. The number of benzene rings is 2. The molecule has 26 heavy (non-hydrogen) atoms. The van der Waals surface area contributed by atoms with Gasteiger partial charge in [-0.3, -0.25) is 4.79 Å². The summed E-state index contributed by atoms with van der Waals surface area (Å²) in [5.74, 6) is 1.32. The van der Waals surface area contributed by atoms with Crippen molar-refractivity contribution in [1.82, 2.24) is 10.2 Å². The molecule has 2 atom stereocenters. The third kappa shape index (κ3) is 4.07. The maximum absolute atomic E-state index is 13.2. The first kappa shape index (κ1) is 18.5. The van der Waals surface area contributed by atoms with Crippen LogP contribution in [0.15, 0.2) is 54.6 Å². The van der Waals surface area contributed by atoms with Crippen LogP contribution in [0.1, 0.15) is 42.9 Å². The summed E-state index contributed by atoms with van der Waals surface area (Å²) in [6.45, 7) is 4.47. The van der Waals surface area contributed by atoms with Gasteiger partial charge in [-0.15, -0.1) is 0 Å². The molecule has 138 valence electrons. The number of carbonyl (C=O) groups is 1. The van der Waals surface area contributed by atoms with Crippen LogP contribution < -0.4 is 10.1 Å². The fourth-order valence-corrected chi connectivity index (χ4v) is 3.77. The third-order valence-electron chi connectivity index (χ3n) is 5.25. The van der Waals surface area contributed by atoms with E-state index in [9.17, 15) is 4.79 Å². The van der Waals surface area contributed by atoms with E-state index < -0.39 is 0 Å². The number of carbonyl (C=O) groups excluding carboxylic acids is 1. The van der Waals surface area contributed by atoms with Crippen molar-refractivity contribution < 1.29 is 9.53 Å². The highest BCUT2D eigenvalue weighted by molar-refractivity contribution is 5.78. The molecule has 1 aliphatic rings. The van der Waals surface area contributed by atoms with E-state index in [1.165, 1.54) is 5.56 Å². The van der Waals surface area contributed by atoms with Crippen molar-refractivity contribution in [2.24, 2.45) is 0 Å². The molecule has 2 unspecified atom stereocenters. The average molecular weight is 352 g/mol. The molecule has 1 heterocycles.